The highest BCUT2D eigenvalue weighted by molar-refractivity contribution is 5.35. The average molecular weight is 232 g/mol. The van der Waals surface area contributed by atoms with Crippen molar-refractivity contribution in [3.05, 3.63) is 65.5 Å². The fourth-order valence-electron chi connectivity index (χ4n) is 1.68. The van der Waals surface area contributed by atoms with E-state index in [0.717, 1.165) is 0 Å². The second-order valence-corrected chi connectivity index (χ2v) is 3.73. The van der Waals surface area contributed by atoms with Crippen LogP contribution in [-0.2, 0) is 0 Å². The molecule has 0 amide bonds. The summed E-state index contributed by atoms with van der Waals surface area (Å²) >= 11 is 0. The molecule has 0 aliphatic rings. The monoisotopic (exact) mass is 232 g/mol. The quantitative estimate of drug-likeness (QED) is 0.881. The van der Waals surface area contributed by atoms with E-state index in [0.29, 0.717) is 16.9 Å². The van der Waals surface area contributed by atoms with Gasteiger partial charge in [-0.1, -0.05) is 24.3 Å². The molecule has 0 saturated carbocycles. The van der Waals surface area contributed by atoms with Crippen molar-refractivity contribution in [2.45, 2.75) is 6.10 Å². The molecule has 0 unspecified atom stereocenters. The van der Waals surface area contributed by atoms with Crippen LogP contribution in [0.15, 0.2) is 48.5 Å². The average Bonchev–Trinajstić information content (AvgIpc) is 2.38. The van der Waals surface area contributed by atoms with Gasteiger partial charge < -0.3 is 9.84 Å². The summed E-state index contributed by atoms with van der Waals surface area (Å²) in [7, 11) is 1.56. The minimum absolute atomic E-state index is 0.357. The highest BCUT2D eigenvalue weighted by Crippen LogP contribution is 2.25. The molecule has 0 aliphatic heterocycles. The Hall–Kier alpha value is -1.87. The number of hydrogen-bond donors (Lipinski definition) is 1. The van der Waals surface area contributed by atoms with Gasteiger partial charge in [0.1, 0.15) is 17.7 Å². The van der Waals surface area contributed by atoms with E-state index in [9.17, 15) is 9.50 Å². The van der Waals surface area contributed by atoms with Gasteiger partial charge in [-0.2, -0.15) is 0 Å². The van der Waals surface area contributed by atoms with Gasteiger partial charge in [-0.15, -0.1) is 0 Å². The van der Waals surface area contributed by atoms with Gasteiger partial charge in [0, 0.05) is 0 Å². The SMILES string of the molecule is COc1cccc([C@@H](O)c2cccc(F)c2)c1. The number of halogens is 1. The zero-order valence-corrected chi connectivity index (χ0v) is 9.43. The van der Waals surface area contributed by atoms with E-state index in [4.69, 9.17) is 4.74 Å². The largest absolute Gasteiger partial charge is 0.497 e. The molecule has 0 radical (unpaired) electrons. The van der Waals surface area contributed by atoms with Gasteiger partial charge >= 0.3 is 0 Å². The Morgan fingerprint density at radius 2 is 1.71 bits per heavy atom. The lowest BCUT2D eigenvalue weighted by atomic mass is 10.0. The molecule has 17 heavy (non-hydrogen) atoms. The first-order chi connectivity index (χ1) is 8.20. The van der Waals surface area contributed by atoms with E-state index in [-0.39, 0.29) is 5.82 Å². The molecule has 0 aliphatic carbocycles. The maximum Gasteiger partial charge on any atom is 0.123 e. The Morgan fingerprint density at radius 3 is 2.35 bits per heavy atom. The van der Waals surface area contributed by atoms with Crippen LogP contribution in [0.3, 0.4) is 0 Å². The molecule has 2 rings (SSSR count). The molecule has 0 spiro atoms. The number of aliphatic hydroxyl groups is 1. The van der Waals surface area contributed by atoms with Crippen LogP contribution in [0.2, 0.25) is 0 Å². The fraction of sp³-hybridized carbons (Fsp3) is 0.143. The molecule has 2 aromatic rings. The van der Waals surface area contributed by atoms with Gasteiger partial charge in [0.25, 0.3) is 0 Å². The zero-order valence-electron chi connectivity index (χ0n) is 9.43. The Morgan fingerprint density at radius 1 is 1.06 bits per heavy atom. The molecule has 0 bridgehead atoms. The van der Waals surface area contributed by atoms with Gasteiger partial charge in [-0.3, -0.25) is 0 Å². The van der Waals surface area contributed by atoms with Crippen LogP contribution in [-0.4, -0.2) is 12.2 Å². The third kappa shape index (κ3) is 2.63. The van der Waals surface area contributed by atoms with Crippen LogP contribution in [0.1, 0.15) is 17.2 Å². The number of hydrogen-bond acceptors (Lipinski definition) is 2. The molecule has 0 heterocycles. The summed E-state index contributed by atoms with van der Waals surface area (Å²) in [4.78, 5) is 0. The second kappa shape index (κ2) is 4.97. The molecule has 0 fully saturated rings. The van der Waals surface area contributed by atoms with Crippen molar-refractivity contribution in [2.75, 3.05) is 7.11 Å². The minimum Gasteiger partial charge on any atom is -0.497 e. The molecule has 2 nitrogen and oxygen atoms in total. The Bertz CT molecular complexity index is 511. The van der Waals surface area contributed by atoms with E-state index >= 15 is 0 Å². The van der Waals surface area contributed by atoms with Crippen molar-refractivity contribution >= 4 is 0 Å². The van der Waals surface area contributed by atoms with Gasteiger partial charge in [-0.25, -0.2) is 4.39 Å². The van der Waals surface area contributed by atoms with Gasteiger partial charge in [0.15, 0.2) is 0 Å². The lowest BCUT2D eigenvalue weighted by Crippen LogP contribution is -2.00. The topological polar surface area (TPSA) is 29.5 Å². The lowest BCUT2D eigenvalue weighted by Gasteiger charge is -2.12. The number of ether oxygens (including phenoxy) is 1. The molecular weight excluding hydrogens is 219 g/mol. The molecular formula is C14H13FO2. The Balaban J connectivity index is 2.33. The van der Waals surface area contributed by atoms with Crippen molar-refractivity contribution in [1.82, 2.24) is 0 Å². The number of aliphatic hydroxyl groups excluding tert-OH is 1. The maximum absolute atomic E-state index is 13.1. The van der Waals surface area contributed by atoms with Crippen molar-refractivity contribution < 1.29 is 14.2 Å². The summed E-state index contributed by atoms with van der Waals surface area (Å²) in [6, 6.07) is 13.0. The summed E-state index contributed by atoms with van der Waals surface area (Å²) in [5.74, 6) is 0.308. The first-order valence-corrected chi connectivity index (χ1v) is 5.28. The van der Waals surface area contributed by atoms with Crippen molar-refractivity contribution in [3.8, 4) is 5.75 Å². The van der Waals surface area contributed by atoms with Crippen LogP contribution in [0.25, 0.3) is 0 Å². The number of rotatable bonds is 3. The molecule has 3 heteroatoms. The highest BCUT2D eigenvalue weighted by Gasteiger charge is 2.11. The minimum atomic E-state index is -0.846. The molecule has 0 saturated heterocycles. The van der Waals surface area contributed by atoms with Gasteiger partial charge in [-0.05, 0) is 35.4 Å². The van der Waals surface area contributed by atoms with Crippen molar-refractivity contribution in [2.24, 2.45) is 0 Å². The molecule has 88 valence electrons. The van der Waals surface area contributed by atoms with Gasteiger partial charge in [0.2, 0.25) is 0 Å². The van der Waals surface area contributed by atoms with E-state index in [1.165, 1.54) is 12.1 Å². The highest BCUT2D eigenvalue weighted by atomic mass is 19.1. The summed E-state index contributed by atoms with van der Waals surface area (Å²) in [6.45, 7) is 0. The third-order valence-electron chi connectivity index (χ3n) is 2.57. The summed E-state index contributed by atoms with van der Waals surface area (Å²) in [5, 5.41) is 10.1. The maximum atomic E-state index is 13.1. The third-order valence-corrected chi connectivity index (χ3v) is 2.57. The van der Waals surface area contributed by atoms with Crippen molar-refractivity contribution in [3.63, 3.8) is 0 Å². The van der Waals surface area contributed by atoms with Crippen LogP contribution in [0.5, 0.6) is 5.75 Å². The number of benzene rings is 2. The standard InChI is InChI=1S/C14H13FO2/c1-17-13-7-3-5-11(9-13)14(16)10-4-2-6-12(15)8-10/h2-9,14,16H,1H3/t14-/m0/s1. The number of methoxy groups -OCH3 is 1. The smallest absolute Gasteiger partial charge is 0.123 e. The first-order valence-electron chi connectivity index (χ1n) is 5.28. The van der Waals surface area contributed by atoms with Crippen LogP contribution >= 0.6 is 0 Å². The summed E-state index contributed by atoms with van der Waals surface area (Å²) in [6.07, 6.45) is -0.846. The Kier molecular flexibility index (Phi) is 3.40. The van der Waals surface area contributed by atoms with E-state index < -0.39 is 6.10 Å². The van der Waals surface area contributed by atoms with Crippen LogP contribution in [0.4, 0.5) is 4.39 Å². The Labute approximate surface area is 99.3 Å². The first kappa shape index (κ1) is 11.6. The predicted octanol–water partition coefficient (Wildman–Crippen LogP) is 2.92. The predicted molar refractivity (Wildman–Crippen MR) is 63.5 cm³/mol. The summed E-state index contributed by atoms with van der Waals surface area (Å²) in [5.41, 5.74) is 1.20. The van der Waals surface area contributed by atoms with E-state index in [1.807, 2.05) is 0 Å². The lowest BCUT2D eigenvalue weighted by molar-refractivity contribution is 0.219. The van der Waals surface area contributed by atoms with E-state index in [2.05, 4.69) is 0 Å². The van der Waals surface area contributed by atoms with Crippen LogP contribution in [0, 0.1) is 5.82 Å². The van der Waals surface area contributed by atoms with Crippen molar-refractivity contribution in [1.29, 1.82) is 0 Å². The van der Waals surface area contributed by atoms with Crippen LogP contribution < -0.4 is 4.74 Å². The molecule has 1 N–H and O–H groups in total. The second-order valence-electron chi connectivity index (χ2n) is 3.73. The normalized spacial score (nSPS) is 12.2. The molecule has 1 atom stereocenters. The van der Waals surface area contributed by atoms with Gasteiger partial charge in [0.05, 0.1) is 7.11 Å². The zero-order chi connectivity index (χ0) is 12.3. The van der Waals surface area contributed by atoms with E-state index in [1.54, 1.807) is 43.5 Å². The fourth-order valence-corrected chi connectivity index (χ4v) is 1.68. The molecule has 0 aromatic heterocycles. The summed E-state index contributed by atoms with van der Waals surface area (Å²) < 4.78 is 18.1. The molecule has 2 aromatic carbocycles.